The van der Waals surface area contributed by atoms with Crippen LogP contribution < -0.4 is 16.0 Å². The van der Waals surface area contributed by atoms with Crippen molar-refractivity contribution in [2.45, 2.75) is 13.3 Å². The van der Waals surface area contributed by atoms with Crippen LogP contribution in [0.25, 0.3) is 0 Å². The van der Waals surface area contributed by atoms with Gasteiger partial charge in [0, 0.05) is 19.0 Å². The Morgan fingerprint density at radius 1 is 1.37 bits per heavy atom. The molecule has 1 fully saturated rings. The summed E-state index contributed by atoms with van der Waals surface area (Å²) in [5, 5.41) is 8.16. The standard InChI is InChI=1S/C13H16FN3O2/c1-8(18)16-12-5-10(2-3-11(12)14)17-13(19)4-9-6-15-7-9/h2-3,5,9,15H,4,6-7H2,1H3,(H,16,18)(H,17,19). The van der Waals surface area contributed by atoms with Gasteiger partial charge in [-0.25, -0.2) is 4.39 Å². The molecule has 1 saturated heterocycles. The average Bonchev–Trinajstić information content (AvgIpc) is 2.28. The SMILES string of the molecule is CC(=O)Nc1cc(NC(=O)CC2CNC2)ccc1F. The second kappa shape index (κ2) is 5.79. The Balaban J connectivity index is 1.99. The maximum Gasteiger partial charge on any atom is 0.224 e. The van der Waals surface area contributed by atoms with E-state index in [1.165, 1.54) is 25.1 Å². The lowest BCUT2D eigenvalue weighted by Gasteiger charge is -2.26. The fourth-order valence-electron chi connectivity index (χ4n) is 1.86. The molecule has 0 atom stereocenters. The number of carbonyl (C=O) groups is 2. The van der Waals surface area contributed by atoms with Crippen molar-refractivity contribution >= 4 is 23.2 Å². The number of rotatable bonds is 4. The van der Waals surface area contributed by atoms with Crippen LogP contribution in [0.3, 0.4) is 0 Å². The minimum Gasteiger partial charge on any atom is -0.326 e. The van der Waals surface area contributed by atoms with Crippen LogP contribution in [-0.4, -0.2) is 24.9 Å². The maximum absolute atomic E-state index is 13.4. The molecule has 0 spiro atoms. The van der Waals surface area contributed by atoms with Gasteiger partial charge in [-0.15, -0.1) is 0 Å². The highest BCUT2D eigenvalue weighted by atomic mass is 19.1. The van der Waals surface area contributed by atoms with Gasteiger partial charge in [-0.1, -0.05) is 0 Å². The van der Waals surface area contributed by atoms with Crippen LogP contribution in [0, 0.1) is 11.7 Å². The quantitative estimate of drug-likeness (QED) is 0.769. The predicted octanol–water partition coefficient (Wildman–Crippen LogP) is 1.33. The molecule has 0 aliphatic carbocycles. The highest BCUT2D eigenvalue weighted by molar-refractivity contribution is 5.93. The first-order chi connectivity index (χ1) is 9.04. The van der Waals surface area contributed by atoms with Gasteiger partial charge in [0.25, 0.3) is 0 Å². The van der Waals surface area contributed by atoms with Crippen molar-refractivity contribution in [2.24, 2.45) is 5.92 Å². The van der Waals surface area contributed by atoms with E-state index in [1.54, 1.807) is 0 Å². The predicted molar refractivity (Wildman–Crippen MR) is 70.3 cm³/mol. The zero-order valence-electron chi connectivity index (χ0n) is 10.6. The fraction of sp³-hybridized carbons (Fsp3) is 0.385. The third-order valence-electron chi connectivity index (χ3n) is 2.90. The molecule has 2 amide bonds. The Kier molecular flexibility index (Phi) is 4.11. The molecule has 1 heterocycles. The largest absolute Gasteiger partial charge is 0.326 e. The van der Waals surface area contributed by atoms with Gasteiger partial charge in [0.1, 0.15) is 5.82 Å². The van der Waals surface area contributed by atoms with E-state index in [9.17, 15) is 14.0 Å². The zero-order valence-corrected chi connectivity index (χ0v) is 10.6. The Bertz CT molecular complexity index is 501. The molecule has 1 aliphatic rings. The molecule has 0 saturated carbocycles. The van der Waals surface area contributed by atoms with E-state index >= 15 is 0 Å². The van der Waals surface area contributed by atoms with Gasteiger partial charge in [0.15, 0.2) is 0 Å². The van der Waals surface area contributed by atoms with Crippen molar-refractivity contribution in [2.75, 3.05) is 23.7 Å². The molecule has 5 nitrogen and oxygen atoms in total. The van der Waals surface area contributed by atoms with Crippen LogP contribution in [0.5, 0.6) is 0 Å². The van der Waals surface area contributed by atoms with Crippen molar-refractivity contribution in [1.82, 2.24) is 5.32 Å². The maximum atomic E-state index is 13.4. The summed E-state index contributed by atoms with van der Waals surface area (Å²) >= 11 is 0. The minimum atomic E-state index is -0.531. The molecule has 6 heteroatoms. The van der Waals surface area contributed by atoms with Gasteiger partial charge in [-0.3, -0.25) is 9.59 Å². The van der Waals surface area contributed by atoms with Gasteiger partial charge in [0.05, 0.1) is 5.69 Å². The second-order valence-electron chi connectivity index (χ2n) is 4.65. The van der Waals surface area contributed by atoms with E-state index in [-0.39, 0.29) is 17.5 Å². The van der Waals surface area contributed by atoms with Crippen LogP contribution in [0.1, 0.15) is 13.3 Å². The Morgan fingerprint density at radius 2 is 2.11 bits per heavy atom. The summed E-state index contributed by atoms with van der Waals surface area (Å²) < 4.78 is 13.4. The summed E-state index contributed by atoms with van der Waals surface area (Å²) in [5.41, 5.74) is 0.540. The van der Waals surface area contributed by atoms with Gasteiger partial charge >= 0.3 is 0 Å². The van der Waals surface area contributed by atoms with Crippen molar-refractivity contribution in [3.63, 3.8) is 0 Å². The summed E-state index contributed by atoms with van der Waals surface area (Å²) in [6.07, 6.45) is 0.444. The smallest absolute Gasteiger partial charge is 0.224 e. The fourth-order valence-corrected chi connectivity index (χ4v) is 1.86. The van der Waals surface area contributed by atoms with Gasteiger partial charge in [0.2, 0.25) is 11.8 Å². The Morgan fingerprint density at radius 3 is 2.68 bits per heavy atom. The normalized spacial score (nSPS) is 14.6. The van der Waals surface area contributed by atoms with E-state index in [0.717, 1.165) is 13.1 Å². The molecule has 19 heavy (non-hydrogen) atoms. The molecule has 0 unspecified atom stereocenters. The third kappa shape index (κ3) is 3.75. The highest BCUT2D eigenvalue weighted by Gasteiger charge is 2.20. The third-order valence-corrected chi connectivity index (χ3v) is 2.90. The second-order valence-corrected chi connectivity index (χ2v) is 4.65. The summed E-state index contributed by atoms with van der Waals surface area (Å²) in [7, 11) is 0. The molecule has 0 radical (unpaired) electrons. The van der Waals surface area contributed by atoms with Crippen molar-refractivity contribution in [3.05, 3.63) is 24.0 Å². The van der Waals surface area contributed by atoms with Crippen LogP contribution in [0.15, 0.2) is 18.2 Å². The summed E-state index contributed by atoms with van der Waals surface area (Å²) in [4.78, 5) is 22.6. The monoisotopic (exact) mass is 265 g/mol. The lowest BCUT2D eigenvalue weighted by atomic mass is 9.99. The Hall–Kier alpha value is -1.95. The minimum absolute atomic E-state index is 0.0654. The van der Waals surface area contributed by atoms with E-state index in [4.69, 9.17) is 0 Å². The van der Waals surface area contributed by atoms with E-state index in [0.29, 0.717) is 18.0 Å². The molecular weight excluding hydrogens is 249 g/mol. The van der Waals surface area contributed by atoms with Crippen molar-refractivity contribution < 1.29 is 14.0 Å². The lowest BCUT2D eigenvalue weighted by molar-refractivity contribution is -0.117. The average molecular weight is 265 g/mol. The summed E-state index contributed by atoms with van der Waals surface area (Å²) in [6.45, 7) is 3.01. The molecule has 1 aromatic rings. The number of halogens is 1. The number of anilines is 2. The Labute approximate surface area is 110 Å². The van der Waals surface area contributed by atoms with Crippen LogP contribution in [0.4, 0.5) is 15.8 Å². The topological polar surface area (TPSA) is 70.2 Å². The number of carbonyl (C=O) groups excluding carboxylic acids is 2. The lowest BCUT2D eigenvalue weighted by Crippen LogP contribution is -2.43. The van der Waals surface area contributed by atoms with E-state index in [1.807, 2.05) is 0 Å². The van der Waals surface area contributed by atoms with Gasteiger partial charge in [-0.2, -0.15) is 0 Å². The summed E-state index contributed by atoms with van der Waals surface area (Å²) in [5.74, 6) is -0.624. The summed E-state index contributed by atoms with van der Waals surface area (Å²) in [6, 6.07) is 4.09. The molecule has 102 valence electrons. The van der Waals surface area contributed by atoms with Crippen LogP contribution in [0.2, 0.25) is 0 Å². The first kappa shape index (κ1) is 13.5. The van der Waals surface area contributed by atoms with E-state index in [2.05, 4.69) is 16.0 Å². The van der Waals surface area contributed by atoms with Crippen LogP contribution in [-0.2, 0) is 9.59 Å². The van der Waals surface area contributed by atoms with Crippen molar-refractivity contribution in [3.8, 4) is 0 Å². The highest BCUT2D eigenvalue weighted by Crippen LogP contribution is 2.20. The van der Waals surface area contributed by atoms with E-state index < -0.39 is 5.82 Å². The first-order valence-corrected chi connectivity index (χ1v) is 6.12. The molecular formula is C13H16FN3O2. The number of amides is 2. The number of hydrogen-bond donors (Lipinski definition) is 3. The molecule has 0 aromatic heterocycles. The van der Waals surface area contributed by atoms with Gasteiger partial charge < -0.3 is 16.0 Å². The number of benzene rings is 1. The molecule has 0 bridgehead atoms. The van der Waals surface area contributed by atoms with Gasteiger partial charge in [-0.05, 0) is 37.2 Å². The molecule has 3 N–H and O–H groups in total. The molecule has 2 rings (SSSR count). The zero-order chi connectivity index (χ0) is 13.8. The molecule has 1 aliphatic heterocycles. The molecule has 1 aromatic carbocycles. The van der Waals surface area contributed by atoms with Crippen molar-refractivity contribution in [1.29, 1.82) is 0 Å². The first-order valence-electron chi connectivity index (χ1n) is 6.12. The number of nitrogens with one attached hydrogen (secondary N) is 3. The van der Waals surface area contributed by atoms with Crippen LogP contribution >= 0.6 is 0 Å². The number of hydrogen-bond acceptors (Lipinski definition) is 3.